The van der Waals surface area contributed by atoms with E-state index in [-0.39, 0.29) is 18.2 Å². The topological polar surface area (TPSA) is 52.5 Å². The minimum Gasteiger partial charge on any atom is -0.394 e. The molecule has 0 radical (unpaired) electrons. The van der Waals surface area contributed by atoms with Gasteiger partial charge >= 0.3 is 0 Å². The lowest BCUT2D eigenvalue weighted by Crippen LogP contribution is -2.50. The molecule has 0 spiro atoms. The molecule has 1 aromatic rings. The van der Waals surface area contributed by atoms with E-state index in [1.165, 1.54) is 0 Å². The molecular weight excluding hydrogens is 226 g/mol. The molecule has 2 unspecified atom stereocenters. The second kappa shape index (κ2) is 6.88. The molecule has 0 bridgehead atoms. The maximum absolute atomic E-state index is 10.4. The molecule has 0 aromatic heterocycles. The highest BCUT2D eigenvalue weighted by atomic mass is 16.3. The first-order chi connectivity index (χ1) is 8.50. The van der Waals surface area contributed by atoms with Crippen molar-refractivity contribution in [2.45, 2.75) is 51.3 Å². The predicted octanol–water partition coefficient (Wildman–Crippen LogP) is 2.25. The van der Waals surface area contributed by atoms with Crippen molar-refractivity contribution in [3.8, 4) is 0 Å². The van der Waals surface area contributed by atoms with E-state index in [0.717, 1.165) is 18.4 Å². The van der Waals surface area contributed by atoms with Crippen LogP contribution < -0.4 is 5.32 Å². The fourth-order valence-corrected chi connectivity index (χ4v) is 2.05. The molecule has 0 amide bonds. The molecule has 3 nitrogen and oxygen atoms in total. The summed E-state index contributed by atoms with van der Waals surface area (Å²) in [5.41, 5.74) is 0.535. The summed E-state index contributed by atoms with van der Waals surface area (Å²) in [6, 6.07) is 9.62. The third-order valence-electron chi connectivity index (χ3n) is 3.09. The summed E-state index contributed by atoms with van der Waals surface area (Å²) in [6.07, 6.45) is 1.32. The number of rotatable bonds is 7. The van der Waals surface area contributed by atoms with Crippen LogP contribution in [0.4, 0.5) is 0 Å². The van der Waals surface area contributed by atoms with Crippen molar-refractivity contribution < 1.29 is 10.2 Å². The number of aliphatic hydroxyl groups is 2. The van der Waals surface area contributed by atoms with Crippen molar-refractivity contribution in [2.75, 3.05) is 6.61 Å². The van der Waals surface area contributed by atoms with Gasteiger partial charge in [-0.1, -0.05) is 43.7 Å². The standard InChI is InChI=1S/C15H25NO2/c1-4-8-13(16-15(2,3)11-17)14(18)12-9-6-5-7-10-12/h5-7,9-10,13-14,16-18H,4,8,11H2,1-3H3. The average Bonchev–Trinajstić information content (AvgIpc) is 2.38. The van der Waals surface area contributed by atoms with Gasteiger partial charge in [-0.05, 0) is 25.8 Å². The van der Waals surface area contributed by atoms with Crippen molar-refractivity contribution in [3.05, 3.63) is 35.9 Å². The Hall–Kier alpha value is -0.900. The van der Waals surface area contributed by atoms with E-state index in [0.29, 0.717) is 0 Å². The summed E-state index contributed by atoms with van der Waals surface area (Å²) in [5.74, 6) is 0. The minimum atomic E-state index is -0.544. The van der Waals surface area contributed by atoms with Crippen LogP contribution >= 0.6 is 0 Å². The zero-order chi connectivity index (χ0) is 13.6. The Morgan fingerprint density at radius 2 is 1.83 bits per heavy atom. The van der Waals surface area contributed by atoms with Gasteiger partial charge in [-0.3, -0.25) is 0 Å². The molecule has 0 saturated carbocycles. The van der Waals surface area contributed by atoms with Crippen LogP contribution in [-0.2, 0) is 0 Å². The highest BCUT2D eigenvalue weighted by molar-refractivity contribution is 5.19. The third-order valence-corrected chi connectivity index (χ3v) is 3.09. The Morgan fingerprint density at radius 1 is 1.22 bits per heavy atom. The first kappa shape index (κ1) is 15.2. The molecule has 2 atom stereocenters. The Kier molecular flexibility index (Phi) is 5.79. The summed E-state index contributed by atoms with van der Waals surface area (Å²) < 4.78 is 0. The van der Waals surface area contributed by atoms with Gasteiger partial charge in [0.25, 0.3) is 0 Å². The molecule has 0 aliphatic carbocycles. The van der Waals surface area contributed by atoms with Crippen LogP contribution in [-0.4, -0.2) is 28.4 Å². The lowest BCUT2D eigenvalue weighted by atomic mass is 9.95. The van der Waals surface area contributed by atoms with E-state index in [2.05, 4.69) is 12.2 Å². The first-order valence-electron chi connectivity index (χ1n) is 6.61. The van der Waals surface area contributed by atoms with E-state index in [4.69, 9.17) is 0 Å². The summed E-state index contributed by atoms with van der Waals surface area (Å²) in [7, 11) is 0. The summed E-state index contributed by atoms with van der Waals surface area (Å²) in [6.45, 7) is 6.02. The summed E-state index contributed by atoms with van der Waals surface area (Å²) in [5, 5.41) is 23.1. The Bertz CT molecular complexity index is 338. The van der Waals surface area contributed by atoms with Crippen LogP contribution in [0.2, 0.25) is 0 Å². The largest absolute Gasteiger partial charge is 0.394 e. The number of benzene rings is 1. The fraction of sp³-hybridized carbons (Fsp3) is 0.600. The molecule has 0 aliphatic heterocycles. The molecule has 1 rings (SSSR count). The SMILES string of the molecule is CCCC(NC(C)(C)CO)C(O)c1ccccc1. The Balaban J connectivity index is 2.78. The van der Waals surface area contributed by atoms with Crippen molar-refractivity contribution in [1.29, 1.82) is 0 Å². The van der Waals surface area contributed by atoms with Gasteiger partial charge < -0.3 is 15.5 Å². The van der Waals surface area contributed by atoms with Gasteiger partial charge in [-0.2, -0.15) is 0 Å². The fourth-order valence-electron chi connectivity index (χ4n) is 2.05. The van der Waals surface area contributed by atoms with Crippen LogP contribution in [0, 0.1) is 0 Å². The average molecular weight is 251 g/mol. The molecular formula is C15H25NO2. The van der Waals surface area contributed by atoms with Gasteiger partial charge in [0.15, 0.2) is 0 Å². The second-order valence-electron chi connectivity index (χ2n) is 5.44. The van der Waals surface area contributed by atoms with E-state index in [1.807, 2.05) is 44.2 Å². The summed E-state index contributed by atoms with van der Waals surface area (Å²) >= 11 is 0. The molecule has 0 aliphatic rings. The van der Waals surface area contributed by atoms with Crippen LogP contribution in [0.1, 0.15) is 45.3 Å². The molecule has 0 heterocycles. The number of nitrogens with one attached hydrogen (secondary N) is 1. The maximum atomic E-state index is 10.4. The Morgan fingerprint density at radius 3 is 2.33 bits per heavy atom. The quantitative estimate of drug-likeness (QED) is 0.696. The predicted molar refractivity (Wildman–Crippen MR) is 74.4 cm³/mol. The van der Waals surface area contributed by atoms with Crippen LogP contribution in [0.3, 0.4) is 0 Å². The number of aliphatic hydroxyl groups excluding tert-OH is 2. The molecule has 18 heavy (non-hydrogen) atoms. The van der Waals surface area contributed by atoms with E-state index >= 15 is 0 Å². The lowest BCUT2D eigenvalue weighted by molar-refractivity contribution is 0.0873. The van der Waals surface area contributed by atoms with Crippen LogP contribution in [0.5, 0.6) is 0 Å². The van der Waals surface area contributed by atoms with E-state index in [9.17, 15) is 10.2 Å². The van der Waals surface area contributed by atoms with Gasteiger partial charge in [-0.25, -0.2) is 0 Å². The van der Waals surface area contributed by atoms with Crippen LogP contribution in [0.25, 0.3) is 0 Å². The highest BCUT2D eigenvalue weighted by Gasteiger charge is 2.26. The van der Waals surface area contributed by atoms with Gasteiger partial charge in [0, 0.05) is 11.6 Å². The van der Waals surface area contributed by atoms with Gasteiger partial charge in [-0.15, -0.1) is 0 Å². The maximum Gasteiger partial charge on any atom is 0.0943 e. The monoisotopic (exact) mass is 251 g/mol. The van der Waals surface area contributed by atoms with Gasteiger partial charge in [0.05, 0.1) is 12.7 Å². The van der Waals surface area contributed by atoms with Crippen molar-refractivity contribution in [1.82, 2.24) is 5.32 Å². The summed E-state index contributed by atoms with van der Waals surface area (Å²) in [4.78, 5) is 0. The zero-order valence-electron chi connectivity index (χ0n) is 11.6. The normalized spacial score (nSPS) is 15.4. The molecule has 102 valence electrons. The third kappa shape index (κ3) is 4.41. The minimum absolute atomic E-state index is 0.0421. The second-order valence-corrected chi connectivity index (χ2v) is 5.44. The number of hydrogen-bond donors (Lipinski definition) is 3. The molecule has 3 heteroatoms. The van der Waals surface area contributed by atoms with Crippen molar-refractivity contribution in [2.24, 2.45) is 0 Å². The smallest absolute Gasteiger partial charge is 0.0943 e. The zero-order valence-corrected chi connectivity index (χ0v) is 11.6. The molecule has 0 saturated heterocycles. The van der Waals surface area contributed by atoms with Crippen molar-refractivity contribution >= 4 is 0 Å². The van der Waals surface area contributed by atoms with E-state index in [1.54, 1.807) is 0 Å². The molecule has 1 aromatic carbocycles. The molecule has 3 N–H and O–H groups in total. The van der Waals surface area contributed by atoms with Gasteiger partial charge in [0.2, 0.25) is 0 Å². The van der Waals surface area contributed by atoms with Crippen LogP contribution in [0.15, 0.2) is 30.3 Å². The first-order valence-corrected chi connectivity index (χ1v) is 6.61. The van der Waals surface area contributed by atoms with Crippen molar-refractivity contribution in [3.63, 3.8) is 0 Å². The number of hydrogen-bond acceptors (Lipinski definition) is 3. The van der Waals surface area contributed by atoms with E-state index < -0.39 is 6.10 Å². The lowest BCUT2D eigenvalue weighted by Gasteiger charge is -2.33. The Labute approximate surface area is 110 Å². The highest BCUT2D eigenvalue weighted by Crippen LogP contribution is 2.21. The molecule has 0 fully saturated rings. The van der Waals surface area contributed by atoms with Gasteiger partial charge in [0.1, 0.15) is 0 Å².